The Morgan fingerprint density at radius 3 is 2.40 bits per heavy atom. The number of carbonyl (C=O) groups is 1. The summed E-state index contributed by atoms with van der Waals surface area (Å²) >= 11 is 1.33. The maximum atomic E-state index is 12.7. The first-order chi connectivity index (χ1) is 17.0. The zero-order valence-corrected chi connectivity index (χ0v) is 21.0. The Morgan fingerprint density at radius 2 is 1.69 bits per heavy atom. The second-order valence-corrected chi connectivity index (χ2v) is 8.97. The molecular weight excluding hydrogens is 460 g/mol. The van der Waals surface area contributed by atoms with Gasteiger partial charge in [-0.25, -0.2) is 0 Å². The van der Waals surface area contributed by atoms with Crippen molar-refractivity contribution in [3.05, 3.63) is 89.7 Å². The molecule has 8 heteroatoms. The summed E-state index contributed by atoms with van der Waals surface area (Å²) < 4.78 is 13.3. The lowest BCUT2D eigenvalue weighted by Gasteiger charge is -2.17. The molecule has 0 bridgehead atoms. The zero-order valence-electron chi connectivity index (χ0n) is 20.2. The molecule has 0 aliphatic carbocycles. The smallest absolute Gasteiger partial charge is 0.234 e. The van der Waals surface area contributed by atoms with Crippen molar-refractivity contribution in [2.75, 3.05) is 18.2 Å². The van der Waals surface area contributed by atoms with E-state index in [0.29, 0.717) is 16.7 Å². The van der Waals surface area contributed by atoms with Crippen LogP contribution < -0.4 is 14.8 Å². The molecule has 1 N–H and O–H groups in total. The fourth-order valence-electron chi connectivity index (χ4n) is 3.57. The minimum Gasteiger partial charge on any atom is -0.497 e. The minimum atomic E-state index is -0.380. The van der Waals surface area contributed by atoms with Gasteiger partial charge in [-0.1, -0.05) is 42.1 Å². The lowest BCUT2D eigenvalue weighted by Crippen LogP contribution is -2.16. The Morgan fingerprint density at radius 1 is 0.971 bits per heavy atom. The molecule has 35 heavy (non-hydrogen) atoms. The van der Waals surface area contributed by atoms with Crippen molar-refractivity contribution in [2.24, 2.45) is 0 Å². The van der Waals surface area contributed by atoms with Crippen molar-refractivity contribution in [1.29, 1.82) is 0 Å². The Labute approximate surface area is 209 Å². The molecule has 1 amide bonds. The van der Waals surface area contributed by atoms with Gasteiger partial charge in [0.2, 0.25) is 5.91 Å². The van der Waals surface area contributed by atoms with Gasteiger partial charge in [-0.2, -0.15) is 0 Å². The Bertz CT molecular complexity index is 1290. The Balaban J connectivity index is 1.53. The van der Waals surface area contributed by atoms with Gasteiger partial charge >= 0.3 is 0 Å². The van der Waals surface area contributed by atoms with Gasteiger partial charge < -0.3 is 14.8 Å². The van der Waals surface area contributed by atoms with Crippen LogP contribution in [0.15, 0.2) is 78.0 Å². The van der Waals surface area contributed by atoms with E-state index < -0.39 is 0 Å². The van der Waals surface area contributed by atoms with Crippen LogP contribution in [0.1, 0.15) is 30.0 Å². The van der Waals surface area contributed by atoms with Crippen LogP contribution in [0.5, 0.6) is 11.5 Å². The van der Waals surface area contributed by atoms with Crippen molar-refractivity contribution in [2.45, 2.75) is 32.0 Å². The molecule has 1 atom stereocenters. The molecule has 0 aliphatic rings. The quantitative estimate of drug-likeness (QED) is 0.302. The number of thioether (sulfide) groups is 1. The highest BCUT2D eigenvalue weighted by molar-refractivity contribution is 7.99. The number of benzene rings is 3. The Hall–Kier alpha value is -3.78. The summed E-state index contributed by atoms with van der Waals surface area (Å²) in [4.78, 5) is 12.7. The first-order valence-electron chi connectivity index (χ1n) is 11.3. The first kappa shape index (κ1) is 24.3. The largest absolute Gasteiger partial charge is 0.497 e. The third-order valence-corrected chi connectivity index (χ3v) is 6.55. The van der Waals surface area contributed by atoms with Gasteiger partial charge in [0.1, 0.15) is 11.5 Å². The van der Waals surface area contributed by atoms with Gasteiger partial charge in [-0.3, -0.25) is 9.36 Å². The van der Waals surface area contributed by atoms with E-state index in [9.17, 15) is 4.79 Å². The van der Waals surface area contributed by atoms with Gasteiger partial charge in [0.15, 0.2) is 17.1 Å². The van der Waals surface area contributed by atoms with E-state index in [1.54, 1.807) is 7.11 Å². The highest BCUT2D eigenvalue weighted by atomic mass is 32.2. The van der Waals surface area contributed by atoms with Crippen LogP contribution in [-0.4, -0.2) is 33.5 Å². The molecule has 180 valence electrons. The molecule has 7 nitrogen and oxygen atoms in total. The van der Waals surface area contributed by atoms with Crippen LogP contribution in [0.2, 0.25) is 0 Å². The molecular formula is C27H28N4O3S. The molecule has 4 rings (SSSR count). The molecule has 1 aromatic heterocycles. The summed E-state index contributed by atoms with van der Waals surface area (Å²) in [6, 6.07) is 23.1. The van der Waals surface area contributed by atoms with Crippen molar-refractivity contribution >= 4 is 23.4 Å². The van der Waals surface area contributed by atoms with E-state index in [-0.39, 0.29) is 17.8 Å². The molecule has 1 unspecified atom stereocenters. The summed E-state index contributed by atoms with van der Waals surface area (Å²) in [5.74, 6) is 2.20. The first-order valence-corrected chi connectivity index (χ1v) is 12.2. The topological polar surface area (TPSA) is 78.3 Å². The van der Waals surface area contributed by atoms with Gasteiger partial charge in [0, 0.05) is 11.4 Å². The molecule has 0 fully saturated rings. The van der Waals surface area contributed by atoms with E-state index in [4.69, 9.17) is 9.47 Å². The number of anilines is 1. The lowest BCUT2D eigenvalue weighted by atomic mass is 10.1. The van der Waals surface area contributed by atoms with Gasteiger partial charge in [0.25, 0.3) is 0 Å². The number of aryl methyl sites for hydroxylation is 1. The fraction of sp³-hybridized carbons (Fsp3) is 0.222. The number of nitrogens with zero attached hydrogens (tertiary/aromatic N) is 3. The second kappa shape index (κ2) is 11.1. The molecule has 1 heterocycles. The molecule has 0 saturated carbocycles. The number of carbonyl (C=O) groups excluding carboxylic acids is 1. The van der Waals surface area contributed by atoms with E-state index in [1.165, 1.54) is 11.8 Å². The molecule has 0 saturated heterocycles. The van der Waals surface area contributed by atoms with Crippen LogP contribution in [-0.2, 0) is 4.79 Å². The SMILES string of the molecule is COc1ccc(OC(C)c2nnc(SCC(=O)Nc3cccc(C)c3C)n2-c2ccccc2)cc1. The van der Waals surface area contributed by atoms with E-state index in [1.807, 2.05) is 98.1 Å². The fourth-order valence-corrected chi connectivity index (χ4v) is 4.33. The second-order valence-electron chi connectivity index (χ2n) is 8.03. The minimum absolute atomic E-state index is 0.101. The lowest BCUT2D eigenvalue weighted by molar-refractivity contribution is -0.113. The van der Waals surface area contributed by atoms with E-state index in [2.05, 4.69) is 15.5 Å². The van der Waals surface area contributed by atoms with Gasteiger partial charge in [-0.05, 0) is 74.4 Å². The monoisotopic (exact) mass is 488 g/mol. The number of hydrogen-bond donors (Lipinski definition) is 1. The highest BCUT2D eigenvalue weighted by Crippen LogP contribution is 2.29. The molecule has 0 spiro atoms. The molecule has 3 aromatic carbocycles. The van der Waals surface area contributed by atoms with Gasteiger partial charge in [-0.15, -0.1) is 10.2 Å². The molecule has 0 radical (unpaired) electrons. The number of nitrogens with one attached hydrogen (secondary N) is 1. The van der Waals surface area contributed by atoms with E-state index in [0.717, 1.165) is 28.3 Å². The standard InChI is InChI=1S/C27H28N4O3S/c1-18-9-8-12-24(19(18)2)28-25(32)17-35-27-30-29-26(31(27)21-10-6-5-7-11-21)20(3)34-23-15-13-22(33-4)14-16-23/h5-16,20H,17H2,1-4H3,(H,28,32). The highest BCUT2D eigenvalue weighted by Gasteiger charge is 2.22. The number of aromatic nitrogens is 3. The number of hydrogen-bond acceptors (Lipinski definition) is 6. The average molecular weight is 489 g/mol. The molecule has 0 aliphatic heterocycles. The van der Waals surface area contributed by atoms with Crippen molar-refractivity contribution < 1.29 is 14.3 Å². The maximum absolute atomic E-state index is 12.7. The van der Waals surface area contributed by atoms with Crippen LogP contribution >= 0.6 is 11.8 Å². The predicted molar refractivity (Wildman–Crippen MR) is 139 cm³/mol. The van der Waals surface area contributed by atoms with Crippen LogP contribution in [0.3, 0.4) is 0 Å². The van der Waals surface area contributed by atoms with Crippen molar-refractivity contribution in [1.82, 2.24) is 14.8 Å². The molecule has 4 aromatic rings. The third kappa shape index (κ3) is 5.84. The number of amides is 1. The Kier molecular flexibility index (Phi) is 7.72. The van der Waals surface area contributed by atoms with Crippen molar-refractivity contribution in [3.63, 3.8) is 0 Å². The third-order valence-electron chi connectivity index (χ3n) is 5.62. The van der Waals surface area contributed by atoms with Crippen molar-refractivity contribution in [3.8, 4) is 17.2 Å². The number of methoxy groups -OCH3 is 1. The van der Waals surface area contributed by atoms with Crippen LogP contribution in [0, 0.1) is 13.8 Å². The summed E-state index contributed by atoms with van der Waals surface area (Å²) in [7, 11) is 1.63. The predicted octanol–water partition coefficient (Wildman–Crippen LogP) is 5.76. The van der Waals surface area contributed by atoms with E-state index >= 15 is 0 Å². The normalized spacial score (nSPS) is 11.7. The summed E-state index contributed by atoms with van der Waals surface area (Å²) in [6.07, 6.45) is -0.380. The summed E-state index contributed by atoms with van der Waals surface area (Å²) in [5, 5.41) is 12.4. The maximum Gasteiger partial charge on any atom is 0.234 e. The number of rotatable bonds is 9. The van der Waals surface area contributed by atoms with Crippen LogP contribution in [0.25, 0.3) is 5.69 Å². The number of para-hydroxylation sites is 1. The summed E-state index contributed by atoms with van der Waals surface area (Å²) in [5.41, 5.74) is 3.91. The number of ether oxygens (including phenoxy) is 2. The van der Waals surface area contributed by atoms with Gasteiger partial charge in [0.05, 0.1) is 12.9 Å². The summed E-state index contributed by atoms with van der Waals surface area (Å²) in [6.45, 7) is 5.95. The average Bonchev–Trinajstić information content (AvgIpc) is 3.31. The van der Waals surface area contributed by atoms with Crippen LogP contribution in [0.4, 0.5) is 5.69 Å². The zero-order chi connectivity index (χ0) is 24.8.